The summed E-state index contributed by atoms with van der Waals surface area (Å²) >= 11 is 0. The van der Waals surface area contributed by atoms with E-state index in [4.69, 9.17) is 14.2 Å². The van der Waals surface area contributed by atoms with Gasteiger partial charge in [0.15, 0.2) is 5.75 Å². The highest BCUT2D eigenvalue weighted by Gasteiger charge is 2.49. The van der Waals surface area contributed by atoms with Crippen LogP contribution in [0.1, 0.15) is 119 Å². The predicted octanol–water partition coefficient (Wildman–Crippen LogP) is 9.65. The third-order valence-corrected chi connectivity index (χ3v) is 16.9. The van der Waals surface area contributed by atoms with Crippen LogP contribution in [0.3, 0.4) is 0 Å². The highest BCUT2D eigenvalue weighted by Crippen LogP contribution is 2.49. The summed E-state index contributed by atoms with van der Waals surface area (Å²) in [6.07, 6.45) is 9.09. The summed E-state index contributed by atoms with van der Waals surface area (Å²) in [6, 6.07) is 19.2. The van der Waals surface area contributed by atoms with Gasteiger partial charge in [0.1, 0.15) is 29.5 Å². The van der Waals surface area contributed by atoms with Gasteiger partial charge >= 0.3 is 0 Å². The van der Waals surface area contributed by atoms with Gasteiger partial charge in [0.05, 0.1) is 32.5 Å². The lowest BCUT2D eigenvalue weighted by Gasteiger charge is -2.57. The lowest BCUT2D eigenvalue weighted by molar-refractivity contribution is -0.384. The van der Waals surface area contributed by atoms with Crippen LogP contribution in [0.25, 0.3) is 11.0 Å². The number of likely N-dealkylation sites (tertiary alicyclic amines) is 1. The van der Waals surface area contributed by atoms with Crippen molar-refractivity contribution in [1.29, 1.82) is 0 Å². The van der Waals surface area contributed by atoms with Crippen molar-refractivity contribution in [2.24, 2.45) is 11.3 Å². The predicted molar refractivity (Wildman–Crippen MR) is 270 cm³/mol. The number of hydrogen-bond acceptors (Lipinski definition) is 13. The molecule has 4 N–H and O–H groups in total. The monoisotopic (exact) mass is 995 g/mol. The van der Waals surface area contributed by atoms with Crippen molar-refractivity contribution in [3.05, 3.63) is 106 Å². The van der Waals surface area contributed by atoms with Crippen molar-refractivity contribution in [2.45, 2.75) is 120 Å². The van der Waals surface area contributed by atoms with Crippen molar-refractivity contribution in [2.75, 3.05) is 56.7 Å². The first kappa shape index (κ1) is 50.1. The molecule has 1 amide bonds. The van der Waals surface area contributed by atoms with E-state index in [0.717, 1.165) is 69.8 Å². The summed E-state index contributed by atoms with van der Waals surface area (Å²) in [4.78, 5) is 37.6. The van der Waals surface area contributed by atoms with E-state index in [-0.39, 0.29) is 63.7 Å². The molecule has 3 aromatic carbocycles. The standard InChI is InChI=1S/C53H66FN7O9S/c1-33(2)38-9-6-7-10-39(38)40-11-8-12-45(40)60-31-53(32-60)21-23-59(24-22-53)36-13-15-41(47(25-36)70-48-27-42-43(54)29-56-49(42)57-51(48)69-30-34(3)68-5)50(62)58-71(66,67)37-14-16-44(46(26-37)61(64)65)55-28-35-17-19-52(4,63)20-18-35/h6-7,9-10,13-16,25-27,29,33-35,40,45,55,63H,8,11-12,17-24,28,30-32H2,1-5H3,(H,56,57)(H,58,62)/t34?,35-,40-,45-,52-/m1/s1. The van der Waals surface area contributed by atoms with Gasteiger partial charge in [-0.05, 0) is 124 Å². The number of pyridine rings is 1. The first-order valence-corrected chi connectivity index (χ1v) is 26.4. The van der Waals surface area contributed by atoms with Gasteiger partial charge in [0.2, 0.25) is 0 Å². The summed E-state index contributed by atoms with van der Waals surface area (Å²) in [6.45, 7) is 12.2. The Morgan fingerprint density at radius 1 is 1.00 bits per heavy atom. The van der Waals surface area contributed by atoms with Crippen LogP contribution in [-0.2, 0) is 14.8 Å². The lowest BCUT2D eigenvalue weighted by Crippen LogP contribution is -2.63. The smallest absolute Gasteiger partial charge is 0.293 e. The number of benzene rings is 3. The fourth-order valence-corrected chi connectivity index (χ4v) is 12.2. The molecular formula is C53H66FN7O9S. The number of methoxy groups -OCH3 is 1. The molecule has 0 radical (unpaired) electrons. The number of sulfonamides is 1. The van der Waals surface area contributed by atoms with Crippen LogP contribution < -0.4 is 24.4 Å². The molecule has 1 spiro atoms. The second-order valence-corrected chi connectivity index (χ2v) is 22.6. The fourth-order valence-electron chi connectivity index (χ4n) is 11.2. The Hall–Kier alpha value is -5.82. The Morgan fingerprint density at radius 2 is 1.75 bits per heavy atom. The van der Waals surface area contributed by atoms with E-state index in [1.807, 2.05) is 0 Å². The van der Waals surface area contributed by atoms with E-state index in [0.29, 0.717) is 37.3 Å². The Morgan fingerprint density at radius 3 is 2.46 bits per heavy atom. The van der Waals surface area contributed by atoms with Crippen molar-refractivity contribution in [3.63, 3.8) is 0 Å². The molecule has 3 atom stereocenters. The number of carbonyl (C=O) groups excluding carboxylic acids is 1. The molecule has 5 aromatic rings. The molecule has 0 bridgehead atoms. The third-order valence-electron chi connectivity index (χ3n) is 15.5. The Labute approximate surface area is 414 Å². The van der Waals surface area contributed by atoms with E-state index >= 15 is 4.39 Å². The summed E-state index contributed by atoms with van der Waals surface area (Å²) in [5.41, 5.74) is 2.84. The number of nitrogens with one attached hydrogen (secondary N) is 3. The number of aromatic nitrogens is 2. The van der Waals surface area contributed by atoms with Crippen molar-refractivity contribution in [1.82, 2.24) is 19.6 Å². The Bertz CT molecular complexity index is 2870. The zero-order valence-electron chi connectivity index (χ0n) is 41.2. The number of anilines is 2. The van der Waals surface area contributed by atoms with Crippen LogP contribution in [0, 0.1) is 27.3 Å². The number of H-pyrrole nitrogens is 1. The van der Waals surface area contributed by atoms with E-state index in [1.54, 1.807) is 26.0 Å². The van der Waals surface area contributed by atoms with Crippen LogP contribution >= 0.6 is 0 Å². The highest BCUT2D eigenvalue weighted by molar-refractivity contribution is 7.90. The minimum Gasteiger partial charge on any atom is -0.472 e. The van der Waals surface area contributed by atoms with Crippen LogP contribution in [0.4, 0.5) is 21.5 Å². The molecule has 9 rings (SSSR count). The molecule has 2 aliphatic heterocycles. The molecule has 4 aliphatic rings. The topological polar surface area (TPSA) is 201 Å². The number of amides is 1. The number of fused-ring (bicyclic) bond motifs is 1. The van der Waals surface area contributed by atoms with Gasteiger partial charge in [-0.2, -0.15) is 4.98 Å². The summed E-state index contributed by atoms with van der Waals surface area (Å²) < 4.78 is 62.9. The first-order valence-electron chi connectivity index (χ1n) is 25.0. The number of ether oxygens (including phenoxy) is 3. The highest BCUT2D eigenvalue weighted by atomic mass is 32.2. The first-order chi connectivity index (χ1) is 33.9. The summed E-state index contributed by atoms with van der Waals surface area (Å²) in [7, 11) is -3.15. The second-order valence-electron chi connectivity index (χ2n) is 20.9. The minimum atomic E-state index is -4.69. The van der Waals surface area contributed by atoms with Gasteiger partial charge in [-0.25, -0.2) is 17.5 Å². The molecule has 4 heterocycles. The maximum absolute atomic E-state index is 15.1. The van der Waals surface area contributed by atoms with Gasteiger partial charge in [0.25, 0.3) is 27.5 Å². The Kier molecular flexibility index (Phi) is 14.4. The van der Waals surface area contributed by atoms with Gasteiger partial charge in [-0.15, -0.1) is 0 Å². The average molecular weight is 996 g/mol. The second kappa shape index (κ2) is 20.4. The Balaban J connectivity index is 0.951. The minimum absolute atomic E-state index is 0.0179. The molecule has 2 saturated heterocycles. The number of piperidine rings is 1. The quantitative estimate of drug-likeness (QED) is 0.0507. The molecule has 380 valence electrons. The number of nitrogens with zero attached hydrogens (tertiary/aromatic N) is 4. The number of carbonyl (C=O) groups is 1. The molecule has 2 saturated carbocycles. The molecule has 71 heavy (non-hydrogen) atoms. The van der Waals surface area contributed by atoms with Crippen molar-refractivity contribution in [3.8, 4) is 17.4 Å². The van der Waals surface area contributed by atoms with Gasteiger partial charge < -0.3 is 34.5 Å². The van der Waals surface area contributed by atoms with Crippen LogP contribution in [0.15, 0.2) is 77.8 Å². The molecule has 2 aromatic heterocycles. The molecular weight excluding hydrogens is 930 g/mol. The largest absolute Gasteiger partial charge is 0.472 e. The molecule has 2 aliphatic carbocycles. The number of rotatable bonds is 17. The number of aliphatic hydroxyl groups is 1. The summed E-state index contributed by atoms with van der Waals surface area (Å²) in [5, 5.41) is 25.8. The molecule has 16 nitrogen and oxygen atoms in total. The van der Waals surface area contributed by atoms with Crippen molar-refractivity contribution < 1.29 is 41.8 Å². The van der Waals surface area contributed by atoms with Crippen LogP contribution in [0.5, 0.6) is 17.4 Å². The maximum Gasteiger partial charge on any atom is 0.293 e. The lowest BCUT2D eigenvalue weighted by atomic mass is 9.70. The van der Waals surface area contributed by atoms with Gasteiger partial charge in [0, 0.05) is 76.0 Å². The normalized spacial score (nSPS) is 22.9. The molecule has 1 unspecified atom stereocenters. The SMILES string of the molecule is COC(C)COc1nc2[nH]cc(F)c2cc1Oc1cc(N2CCC3(CC2)CN([C@@H]2CCC[C@@H]2c2ccccc2C(C)C)C3)ccc1C(=O)NS(=O)(=O)c1ccc(NC[C@H]2CC[C@](C)(O)CC2)c([N+](=O)[O-])c1. The van der Waals surface area contributed by atoms with E-state index in [2.05, 4.69) is 67.9 Å². The van der Waals surface area contributed by atoms with Gasteiger partial charge in [-0.1, -0.05) is 44.5 Å². The molecule has 18 heteroatoms. The zero-order valence-corrected chi connectivity index (χ0v) is 42.0. The van der Waals surface area contributed by atoms with Crippen LogP contribution in [-0.4, -0.2) is 103 Å². The fraction of sp³-hybridized carbons (Fsp3) is 0.509. The van der Waals surface area contributed by atoms with E-state index in [9.17, 15) is 28.4 Å². The van der Waals surface area contributed by atoms with E-state index in [1.165, 1.54) is 61.8 Å². The zero-order chi connectivity index (χ0) is 50.2. The van der Waals surface area contributed by atoms with Crippen LogP contribution in [0.2, 0.25) is 0 Å². The average Bonchev–Trinajstić information content (AvgIpc) is 3.97. The van der Waals surface area contributed by atoms with Crippen molar-refractivity contribution >= 4 is 44.0 Å². The number of halogens is 1. The number of hydrogen-bond donors (Lipinski definition) is 4. The molecule has 4 fully saturated rings. The summed E-state index contributed by atoms with van der Waals surface area (Å²) in [5.74, 6) is -0.564. The van der Waals surface area contributed by atoms with E-state index < -0.39 is 42.9 Å². The van der Waals surface area contributed by atoms with Gasteiger partial charge in [-0.3, -0.25) is 19.8 Å². The number of nitro benzene ring substituents is 1. The number of aromatic amines is 1. The maximum atomic E-state index is 15.1. The third kappa shape index (κ3) is 10.9. The number of nitro groups is 1.